The van der Waals surface area contributed by atoms with Gasteiger partial charge in [-0.1, -0.05) is 0 Å². The molecule has 2 heterocycles. The van der Waals surface area contributed by atoms with Crippen molar-refractivity contribution in [2.45, 2.75) is 57.9 Å². The smallest absolute Gasteiger partial charge is 0.226 e. The molecule has 0 bridgehead atoms. The van der Waals surface area contributed by atoms with Crippen molar-refractivity contribution in [3.8, 4) is 0 Å². The van der Waals surface area contributed by atoms with Gasteiger partial charge in [-0.3, -0.25) is 4.79 Å². The van der Waals surface area contributed by atoms with Gasteiger partial charge < -0.3 is 10.6 Å². The summed E-state index contributed by atoms with van der Waals surface area (Å²) in [5.41, 5.74) is 2.82. The SMILES string of the molecule is Cc1c(NC(=O)CC2CCCN2)sc2c1CCCC2. The Morgan fingerprint density at radius 3 is 2.95 bits per heavy atom. The van der Waals surface area contributed by atoms with E-state index in [1.807, 2.05) is 0 Å². The maximum absolute atomic E-state index is 12.1. The minimum absolute atomic E-state index is 0.168. The third-order valence-electron chi connectivity index (χ3n) is 4.28. The van der Waals surface area contributed by atoms with E-state index in [9.17, 15) is 4.79 Å². The van der Waals surface area contributed by atoms with E-state index >= 15 is 0 Å². The van der Waals surface area contributed by atoms with Crippen LogP contribution in [0.2, 0.25) is 0 Å². The Balaban J connectivity index is 1.65. The van der Waals surface area contributed by atoms with Crippen molar-refractivity contribution in [1.29, 1.82) is 0 Å². The number of carbonyl (C=O) groups excluding carboxylic acids is 1. The van der Waals surface area contributed by atoms with E-state index in [2.05, 4.69) is 17.6 Å². The van der Waals surface area contributed by atoms with Crippen LogP contribution in [0.3, 0.4) is 0 Å². The predicted octanol–water partition coefficient (Wildman–Crippen LogP) is 3.02. The van der Waals surface area contributed by atoms with Gasteiger partial charge in [-0.15, -0.1) is 11.3 Å². The molecule has 1 aliphatic carbocycles. The molecule has 1 unspecified atom stereocenters. The van der Waals surface area contributed by atoms with Gasteiger partial charge in [-0.05, 0) is 63.1 Å². The van der Waals surface area contributed by atoms with E-state index < -0.39 is 0 Å². The number of hydrogen-bond donors (Lipinski definition) is 2. The second-order valence-corrected chi connectivity index (χ2v) is 6.82. The first-order valence-corrected chi connectivity index (χ1v) is 8.20. The van der Waals surface area contributed by atoms with Gasteiger partial charge in [0.2, 0.25) is 5.91 Å². The van der Waals surface area contributed by atoms with Gasteiger partial charge in [-0.25, -0.2) is 0 Å². The Morgan fingerprint density at radius 2 is 2.21 bits per heavy atom. The van der Waals surface area contributed by atoms with Crippen molar-refractivity contribution in [2.24, 2.45) is 0 Å². The Morgan fingerprint density at radius 1 is 1.37 bits per heavy atom. The van der Waals surface area contributed by atoms with Crippen LogP contribution in [-0.2, 0) is 17.6 Å². The van der Waals surface area contributed by atoms with Crippen LogP contribution >= 0.6 is 11.3 Å². The van der Waals surface area contributed by atoms with Gasteiger partial charge >= 0.3 is 0 Å². The molecule has 104 valence electrons. The number of fused-ring (bicyclic) bond motifs is 1. The van der Waals surface area contributed by atoms with E-state index in [1.54, 1.807) is 11.3 Å². The topological polar surface area (TPSA) is 41.1 Å². The van der Waals surface area contributed by atoms with Crippen molar-refractivity contribution >= 4 is 22.2 Å². The molecule has 4 heteroatoms. The van der Waals surface area contributed by atoms with Crippen molar-refractivity contribution < 1.29 is 4.79 Å². The molecule has 1 aromatic heterocycles. The van der Waals surface area contributed by atoms with Crippen molar-refractivity contribution in [3.63, 3.8) is 0 Å². The molecular formula is C15H22N2OS. The Hall–Kier alpha value is -0.870. The highest BCUT2D eigenvalue weighted by Crippen LogP contribution is 2.37. The second-order valence-electron chi connectivity index (χ2n) is 5.71. The predicted molar refractivity (Wildman–Crippen MR) is 80.0 cm³/mol. The zero-order valence-corrected chi connectivity index (χ0v) is 12.4. The molecule has 3 rings (SSSR count). The van der Waals surface area contributed by atoms with E-state index in [1.165, 1.54) is 48.1 Å². The van der Waals surface area contributed by atoms with E-state index in [0.29, 0.717) is 12.5 Å². The normalized spacial score (nSPS) is 22.3. The maximum Gasteiger partial charge on any atom is 0.226 e. The zero-order valence-electron chi connectivity index (χ0n) is 11.6. The van der Waals surface area contributed by atoms with Crippen LogP contribution in [0.1, 0.15) is 48.1 Å². The number of anilines is 1. The van der Waals surface area contributed by atoms with Gasteiger partial charge in [-0.2, -0.15) is 0 Å². The number of aryl methyl sites for hydroxylation is 1. The molecule has 0 saturated carbocycles. The van der Waals surface area contributed by atoms with E-state index in [4.69, 9.17) is 0 Å². The first kappa shape index (κ1) is 13.1. The third kappa shape index (κ3) is 2.84. The lowest BCUT2D eigenvalue weighted by atomic mass is 9.96. The summed E-state index contributed by atoms with van der Waals surface area (Å²) < 4.78 is 0. The van der Waals surface area contributed by atoms with Crippen LogP contribution in [0.15, 0.2) is 0 Å². The highest BCUT2D eigenvalue weighted by molar-refractivity contribution is 7.16. The molecule has 1 aliphatic heterocycles. The van der Waals surface area contributed by atoms with Crippen LogP contribution in [-0.4, -0.2) is 18.5 Å². The number of hydrogen-bond acceptors (Lipinski definition) is 3. The number of thiophene rings is 1. The fourth-order valence-electron chi connectivity index (χ4n) is 3.18. The molecule has 2 N–H and O–H groups in total. The lowest BCUT2D eigenvalue weighted by Gasteiger charge is -2.11. The molecule has 1 saturated heterocycles. The molecule has 19 heavy (non-hydrogen) atoms. The summed E-state index contributed by atoms with van der Waals surface area (Å²) in [6.45, 7) is 3.22. The molecular weight excluding hydrogens is 256 g/mol. The average Bonchev–Trinajstić information content (AvgIpc) is 3.00. The molecule has 1 atom stereocenters. The molecule has 0 radical (unpaired) electrons. The Kier molecular flexibility index (Phi) is 3.89. The van der Waals surface area contributed by atoms with Crippen LogP contribution in [0, 0.1) is 6.92 Å². The van der Waals surface area contributed by atoms with Crippen LogP contribution in [0.5, 0.6) is 0 Å². The average molecular weight is 278 g/mol. The molecule has 0 aromatic carbocycles. The molecule has 1 aromatic rings. The zero-order chi connectivity index (χ0) is 13.2. The molecule has 1 fully saturated rings. The van der Waals surface area contributed by atoms with Crippen LogP contribution < -0.4 is 10.6 Å². The third-order valence-corrected chi connectivity index (χ3v) is 5.59. The summed E-state index contributed by atoms with van der Waals surface area (Å²) in [6.07, 6.45) is 7.93. The van der Waals surface area contributed by atoms with Gasteiger partial charge in [0.05, 0.1) is 5.00 Å². The van der Waals surface area contributed by atoms with Gasteiger partial charge in [0.1, 0.15) is 0 Å². The van der Waals surface area contributed by atoms with Crippen LogP contribution in [0.25, 0.3) is 0 Å². The first-order chi connectivity index (χ1) is 9.24. The van der Waals surface area contributed by atoms with Gasteiger partial charge in [0.15, 0.2) is 0 Å². The number of amides is 1. The molecule has 3 nitrogen and oxygen atoms in total. The monoisotopic (exact) mass is 278 g/mol. The summed E-state index contributed by atoms with van der Waals surface area (Å²) in [4.78, 5) is 13.6. The highest BCUT2D eigenvalue weighted by Gasteiger charge is 2.21. The summed E-state index contributed by atoms with van der Waals surface area (Å²) in [7, 11) is 0. The molecule has 1 amide bonds. The van der Waals surface area contributed by atoms with Gasteiger partial charge in [0.25, 0.3) is 0 Å². The number of rotatable bonds is 3. The highest BCUT2D eigenvalue weighted by atomic mass is 32.1. The fraction of sp³-hybridized carbons (Fsp3) is 0.667. The van der Waals surface area contributed by atoms with Crippen LogP contribution in [0.4, 0.5) is 5.00 Å². The molecule has 2 aliphatic rings. The second kappa shape index (κ2) is 5.63. The quantitative estimate of drug-likeness (QED) is 0.892. The Labute approximate surface area is 118 Å². The molecule has 0 spiro atoms. The lowest BCUT2D eigenvalue weighted by Crippen LogP contribution is -2.27. The number of nitrogens with one attached hydrogen (secondary N) is 2. The number of carbonyl (C=O) groups is 1. The van der Waals surface area contributed by atoms with Gasteiger partial charge in [0, 0.05) is 17.3 Å². The fourth-order valence-corrected chi connectivity index (χ4v) is 4.49. The first-order valence-electron chi connectivity index (χ1n) is 7.38. The maximum atomic E-state index is 12.1. The summed E-state index contributed by atoms with van der Waals surface area (Å²) >= 11 is 1.80. The standard InChI is InChI=1S/C15H22N2OS/c1-10-12-6-2-3-7-13(12)19-15(10)17-14(18)9-11-5-4-8-16-11/h11,16H,2-9H2,1H3,(H,17,18). The van der Waals surface area contributed by atoms with Crippen molar-refractivity contribution in [3.05, 3.63) is 16.0 Å². The largest absolute Gasteiger partial charge is 0.317 e. The minimum atomic E-state index is 0.168. The lowest BCUT2D eigenvalue weighted by molar-refractivity contribution is -0.116. The van der Waals surface area contributed by atoms with Crippen molar-refractivity contribution in [1.82, 2.24) is 5.32 Å². The summed E-state index contributed by atoms with van der Waals surface area (Å²) in [5.74, 6) is 0.168. The van der Waals surface area contributed by atoms with E-state index in [0.717, 1.165) is 18.0 Å². The summed E-state index contributed by atoms with van der Waals surface area (Å²) in [5, 5.41) is 7.61. The minimum Gasteiger partial charge on any atom is -0.317 e. The summed E-state index contributed by atoms with van der Waals surface area (Å²) in [6, 6.07) is 0.384. The Bertz CT molecular complexity index is 475. The van der Waals surface area contributed by atoms with E-state index in [-0.39, 0.29) is 5.91 Å². The van der Waals surface area contributed by atoms with Crippen molar-refractivity contribution in [2.75, 3.05) is 11.9 Å².